The van der Waals surface area contributed by atoms with Crippen molar-refractivity contribution in [3.63, 3.8) is 0 Å². The van der Waals surface area contributed by atoms with Gasteiger partial charge in [0, 0.05) is 29.9 Å². The molecule has 2 aromatic carbocycles. The van der Waals surface area contributed by atoms with Gasteiger partial charge in [-0.25, -0.2) is 8.42 Å². The average Bonchev–Trinajstić information content (AvgIpc) is 2.54. The van der Waals surface area contributed by atoms with Gasteiger partial charge in [0.1, 0.15) is 4.90 Å². The molecule has 0 radical (unpaired) electrons. The maximum atomic E-state index is 12.7. The molecule has 1 aliphatic rings. The number of hydrogen-bond acceptors (Lipinski definition) is 3. The molecule has 0 spiro atoms. The number of hydrogen-bond donors (Lipinski definition) is 1. The molecule has 3 rings (SSSR count). The van der Waals surface area contributed by atoms with Crippen molar-refractivity contribution in [1.29, 1.82) is 0 Å². The number of benzene rings is 2. The molecule has 0 atom stereocenters. The van der Waals surface area contributed by atoms with Crippen LogP contribution >= 0.6 is 23.2 Å². The molecule has 0 fully saturated rings. The van der Waals surface area contributed by atoms with E-state index in [9.17, 15) is 13.2 Å². The molecule has 1 amide bonds. The molecule has 1 aliphatic heterocycles. The molecule has 2 aromatic rings. The van der Waals surface area contributed by atoms with E-state index in [4.69, 9.17) is 23.2 Å². The topological polar surface area (TPSA) is 66.5 Å². The molecule has 1 N–H and O–H groups in total. The van der Waals surface area contributed by atoms with Gasteiger partial charge in [-0.1, -0.05) is 23.2 Å². The summed E-state index contributed by atoms with van der Waals surface area (Å²) in [5.74, 6) is 0.0456. The summed E-state index contributed by atoms with van der Waals surface area (Å²) in [5, 5.41) is 0.469. The van der Waals surface area contributed by atoms with Crippen molar-refractivity contribution < 1.29 is 13.2 Å². The van der Waals surface area contributed by atoms with Crippen molar-refractivity contribution in [3.05, 3.63) is 51.5 Å². The van der Waals surface area contributed by atoms with E-state index in [2.05, 4.69) is 4.72 Å². The number of anilines is 2. The fourth-order valence-electron chi connectivity index (χ4n) is 2.77. The van der Waals surface area contributed by atoms with Gasteiger partial charge in [0.05, 0.1) is 5.02 Å². The van der Waals surface area contributed by atoms with E-state index in [0.29, 0.717) is 29.1 Å². The van der Waals surface area contributed by atoms with Gasteiger partial charge in [-0.15, -0.1) is 0 Å². The first-order valence-electron chi connectivity index (χ1n) is 7.57. The highest BCUT2D eigenvalue weighted by Gasteiger charge is 2.23. The standard InChI is InChI=1S/C17H16Cl2N2O3S/c1-10-7-16(14(19)9-13(10)18)25(23,24)20-12-4-5-15-11(8-12)3-6-17(22)21(15)2/h4-5,7-9,20H,3,6H2,1-2H3. The van der Waals surface area contributed by atoms with Crippen LogP contribution in [0.1, 0.15) is 17.5 Å². The largest absolute Gasteiger partial charge is 0.315 e. The molecular formula is C17H16Cl2N2O3S. The lowest BCUT2D eigenvalue weighted by atomic mass is 10.0. The van der Waals surface area contributed by atoms with Crippen LogP contribution in [0, 0.1) is 6.92 Å². The molecule has 5 nitrogen and oxygen atoms in total. The summed E-state index contributed by atoms with van der Waals surface area (Å²) in [5.41, 5.74) is 2.75. The van der Waals surface area contributed by atoms with Crippen LogP contribution < -0.4 is 9.62 Å². The first-order valence-corrected chi connectivity index (χ1v) is 9.81. The smallest absolute Gasteiger partial charge is 0.263 e. The van der Waals surface area contributed by atoms with Crippen LogP contribution in [-0.2, 0) is 21.2 Å². The predicted octanol–water partition coefficient (Wildman–Crippen LogP) is 4.01. The van der Waals surface area contributed by atoms with E-state index in [1.54, 1.807) is 37.1 Å². The first kappa shape index (κ1) is 18.0. The Hall–Kier alpha value is -1.76. The molecule has 25 heavy (non-hydrogen) atoms. The van der Waals surface area contributed by atoms with Crippen LogP contribution in [0.15, 0.2) is 35.2 Å². The van der Waals surface area contributed by atoms with Gasteiger partial charge >= 0.3 is 0 Å². The molecule has 0 saturated heterocycles. The third kappa shape index (κ3) is 3.47. The second-order valence-electron chi connectivity index (χ2n) is 5.93. The summed E-state index contributed by atoms with van der Waals surface area (Å²) in [4.78, 5) is 13.3. The van der Waals surface area contributed by atoms with E-state index >= 15 is 0 Å². The summed E-state index contributed by atoms with van der Waals surface area (Å²) >= 11 is 12.0. The molecular weight excluding hydrogens is 383 g/mol. The van der Waals surface area contributed by atoms with Gasteiger partial charge in [0.25, 0.3) is 10.0 Å². The van der Waals surface area contributed by atoms with Crippen molar-refractivity contribution in [2.24, 2.45) is 0 Å². The van der Waals surface area contributed by atoms with Crippen LogP contribution in [-0.4, -0.2) is 21.4 Å². The van der Waals surface area contributed by atoms with Gasteiger partial charge in [-0.3, -0.25) is 9.52 Å². The maximum absolute atomic E-state index is 12.7. The zero-order chi connectivity index (χ0) is 18.4. The van der Waals surface area contributed by atoms with Gasteiger partial charge in [-0.2, -0.15) is 0 Å². The Labute approximate surface area is 156 Å². The summed E-state index contributed by atoms with van der Waals surface area (Å²) in [6.45, 7) is 1.71. The Kier molecular flexibility index (Phi) is 4.70. The Balaban J connectivity index is 1.95. The van der Waals surface area contributed by atoms with Crippen LogP contribution in [0.25, 0.3) is 0 Å². The van der Waals surface area contributed by atoms with Crippen LogP contribution in [0.3, 0.4) is 0 Å². The van der Waals surface area contributed by atoms with Gasteiger partial charge < -0.3 is 4.90 Å². The van der Waals surface area contributed by atoms with Gasteiger partial charge in [-0.05, 0) is 54.8 Å². The first-order chi connectivity index (χ1) is 11.7. The van der Waals surface area contributed by atoms with E-state index in [0.717, 1.165) is 11.3 Å². The fourth-order valence-corrected chi connectivity index (χ4v) is 4.65. The number of fused-ring (bicyclic) bond motifs is 1. The fraction of sp³-hybridized carbons (Fsp3) is 0.235. The van der Waals surface area contributed by atoms with Crippen molar-refractivity contribution in [1.82, 2.24) is 0 Å². The minimum atomic E-state index is -3.86. The SMILES string of the molecule is Cc1cc(S(=O)(=O)Nc2ccc3c(c2)CCC(=O)N3C)c(Cl)cc1Cl. The number of rotatable bonds is 3. The number of nitrogens with one attached hydrogen (secondary N) is 1. The lowest BCUT2D eigenvalue weighted by Gasteiger charge is -2.26. The second kappa shape index (κ2) is 6.52. The third-order valence-corrected chi connectivity index (χ3v) is 6.43. The minimum Gasteiger partial charge on any atom is -0.315 e. The highest BCUT2D eigenvalue weighted by molar-refractivity contribution is 7.92. The average molecular weight is 399 g/mol. The highest BCUT2D eigenvalue weighted by atomic mass is 35.5. The van der Waals surface area contributed by atoms with Crippen LogP contribution in [0.5, 0.6) is 0 Å². The Morgan fingerprint density at radius 3 is 2.52 bits per heavy atom. The maximum Gasteiger partial charge on any atom is 0.263 e. The van der Waals surface area contributed by atoms with E-state index in [-0.39, 0.29) is 15.8 Å². The quantitative estimate of drug-likeness (QED) is 0.848. The lowest BCUT2D eigenvalue weighted by Crippen LogP contribution is -2.31. The molecule has 0 saturated carbocycles. The molecule has 132 valence electrons. The van der Waals surface area contributed by atoms with Gasteiger partial charge in [0.2, 0.25) is 5.91 Å². The monoisotopic (exact) mass is 398 g/mol. The zero-order valence-corrected chi connectivity index (χ0v) is 16.0. The van der Waals surface area contributed by atoms with E-state index in [1.165, 1.54) is 12.1 Å². The minimum absolute atomic E-state index is 0.0268. The highest BCUT2D eigenvalue weighted by Crippen LogP contribution is 2.32. The summed E-state index contributed by atoms with van der Waals surface area (Å²) in [7, 11) is -2.15. The number of nitrogens with zero attached hydrogens (tertiary/aromatic N) is 1. The molecule has 0 bridgehead atoms. The molecule has 8 heteroatoms. The number of amides is 1. The number of aryl methyl sites for hydroxylation is 2. The molecule has 1 heterocycles. The molecule has 0 aromatic heterocycles. The van der Waals surface area contributed by atoms with E-state index < -0.39 is 10.0 Å². The van der Waals surface area contributed by atoms with Crippen molar-refractivity contribution >= 4 is 50.5 Å². The number of carbonyl (C=O) groups excluding carboxylic acids is 1. The van der Waals surface area contributed by atoms with Crippen molar-refractivity contribution in [2.75, 3.05) is 16.7 Å². The normalized spacial score (nSPS) is 14.4. The van der Waals surface area contributed by atoms with E-state index in [1.807, 2.05) is 0 Å². The van der Waals surface area contributed by atoms with Crippen molar-refractivity contribution in [2.45, 2.75) is 24.7 Å². The number of sulfonamides is 1. The lowest BCUT2D eigenvalue weighted by molar-refractivity contribution is -0.118. The van der Waals surface area contributed by atoms with Crippen LogP contribution in [0.2, 0.25) is 10.0 Å². The van der Waals surface area contributed by atoms with Gasteiger partial charge in [0.15, 0.2) is 0 Å². The number of halogens is 2. The molecule has 0 aliphatic carbocycles. The Morgan fingerprint density at radius 2 is 1.80 bits per heavy atom. The summed E-state index contributed by atoms with van der Waals surface area (Å²) in [6.07, 6.45) is 0.983. The van der Waals surface area contributed by atoms with Crippen LogP contribution in [0.4, 0.5) is 11.4 Å². The zero-order valence-electron chi connectivity index (χ0n) is 13.6. The molecule has 0 unspecified atom stereocenters. The second-order valence-corrected chi connectivity index (χ2v) is 8.40. The third-order valence-electron chi connectivity index (χ3n) is 4.18. The summed E-state index contributed by atoms with van der Waals surface area (Å²) in [6, 6.07) is 7.96. The summed E-state index contributed by atoms with van der Waals surface area (Å²) < 4.78 is 27.9. The Morgan fingerprint density at radius 1 is 1.08 bits per heavy atom. The Bertz CT molecular complexity index is 974. The predicted molar refractivity (Wildman–Crippen MR) is 100 cm³/mol. The van der Waals surface area contributed by atoms with Crippen molar-refractivity contribution in [3.8, 4) is 0 Å². The number of carbonyl (C=O) groups is 1.